The van der Waals surface area contributed by atoms with Gasteiger partial charge in [0.1, 0.15) is 5.56 Å². The third kappa shape index (κ3) is 1.67. The van der Waals surface area contributed by atoms with Crippen molar-refractivity contribution in [1.82, 2.24) is 4.57 Å². The summed E-state index contributed by atoms with van der Waals surface area (Å²) in [6, 6.07) is 3.01. The van der Waals surface area contributed by atoms with Crippen molar-refractivity contribution in [3.63, 3.8) is 0 Å². The van der Waals surface area contributed by atoms with Gasteiger partial charge < -0.3 is 21.1 Å². The van der Waals surface area contributed by atoms with E-state index in [1.807, 2.05) is 6.92 Å². The van der Waals surface area contributed by atoms with Gasteiger partial charge in [0.15, 0.2) is 0 Å². The van der Waals surface area contributed by atoms with E-state index >= 15 is 0 Å². The molecule has 18 heavy (non-hydrogen) atoms. The highest BCUT2D eigenvalue weighted by Gasteiger charge is 2.14. The van der Waals surface area contributed by atoms with Crippen molar-refractivity contribution in [1.29, 1.82) is 0 Å². The molecule has 0 aliphatic rings. The molecule has 0 radical (unpaired) electrons. The van der Waals surface area contributed by atoms with Crippen molar-refractivity contribution >= 4 is 28.2 Å². The fraction of sp³-hybridized carbons (Fsp3) is 0.167. The van der Waals surface area contributed by atoms with E-state index in [1.165, 1.54) is 12.3 Å². The lowest BCUT2D eigenvalue weighted by Crippen LogP contribution is -2.19. The number of aryl methyl sites for hydroxylation is 1. The number of nitrogens with two attached hydrogens (primary N) is 2. The molecule has 5 N–H and O–H groups in total. The Kier molecular flexibility index (Phi) is 2.70. The molecule has 0 saturated heterocycles. The number of carboxylic acid groups (broad SMARTS) is 1. The molecule has 6 nitrogen and oxygen atoms in total. The number of fused-ring (bicyclic) bond motifs is 1. The van der Waals surface area contributed by atoms with E-state index in [0.717, 1.165) is 0 Å². The van der Waals surface area contributed by atoms with Crippen molar-refractivity contribution in [2.45, 2.75) is 13.5 Å². The third-order valence-corrected chi connectivity index (χ3v) is 2.86. The third-order valence-electron chi connectivity index (χ3n) is 2.86. The minimum Gasteiger partial charge on any atom is -0.477 e. The highest BCUT2D eigenvalue weighted by Crippen LogP contribution is 2.22. The predicted octanol–water partition coefficient (Wildman–Crippen LogP) is 0.884. The molecule has 0 aliphatic heterocycles. The Morgan fingerprint density at radius 2 is 1.94 bits per heavy atom. The molecular weight excluding hydrogens is 234 g/mol. The lowest BCUT2D eigenvalue weighted by molar-refractivity contribution is 0.0695. The lowest BCUT2D eigenvalue weighted by atomic mass is 10.1. The summed E-state index contributed by atoms with van der Waals surface area (Å²) in [6.45, 7) is 2.38. The first kappa shape index (κ1) is 12.0. The fourth-order valence-corrected chi connectivity index (χ4v) is 1.88. The molecule has 0 unspecified atom stereocenters. The zero-order valence-corrected chi connectivity index (χ0v) is 9.80. The predicted molar refractivity (Wildman–Crippen MR) is 69.7 cm³/mol. The monoisotopic (exact) mass is 247 g/mol. The van der Waals surface area contributed by atoms with Crippen LogP contribution >= 0.6 is 0 Å². The number of carbonyl (C=O) groups is 1. The Bertz CT molecular complexity index is 704. The van der Waals surface area contributed by atoms with E-state index in [-0.39, 0.29) is 16.6 Å². The normalized spacial score (nSPS) is 10.7. The van der Waals surface area contributed by atoms with Crippen molar-refractivity contribution in [3.05, 3.63) is 34.1 Å². The van der Waals surface area contributed by atoms with Gasteiger partial charge in [-0.1, -0.05) is 0 Å². The first-order valence-electron chi connectivity index (χ1n) is 5.41. The number of pyridine rings is 1. The fourth-order valence-electron chi connectivity index (χ4n) is 1.88. The van der Waals surface area contributed by atoms with Crippen molar-refractivity contribution in [2.24, 2.45) is 0 Å². The maximum absolute atomic E-state index is 12.0. The first-order valence-corrected chi connectivity index (χ1v) is 5.41. The largest absolute Gasteiger partial charge is 0.477 e. The van der Waals surface area contributed by atoms with Gasteiger partial charge in [0, 0.05) is 18.1 Å². The van der Waals surface area contributed by atoms with E-state index in [2.05, 4.69) is 0 Å². The molecule has 1 aromatic carbocycles. The minimum atomic E-state index is -1.25. The Balaban J connectivity index is 2.99. The van der Waals surface area contributed by atoms with Gasteiger partial charge in [-0.25, -0.2) is 4.79 Å². The van der Waals surface area contributed by atoms with Crippen LogP contribution in [0.3, 0.4) is 0 Å². The van der Waals surface area contributed by atoms with Crippen molar-refractivity contribution in [2.75, 3.05) is 11.5 Å². The molecule has 0 aliphatic carbocycles. The zero-order valence-electron chi connectivity index (χ0n) is 9.80. The SMILES string of the molecule is CCn1cc(C(=O)O)c(=O)c2cc(N)c(N)cc21. The van der Waals surface area contributed by atoms with Crippen LogP contribution in [-0.2, 0) is 6.54 Å². The molecule has 0 spiro atoms. The van der Waals surface area contributed by atoms with E-state index in [0.29, 0.717) is 17.7 Å². The number of nitrogen functional groups attached to an aromatic ring is 2. The second-order valence-electron chi connectivity index (χ2n) is 3.96. The first-order chi connectivity index (χ1) is 8.45. The van der Waals surface area contributed by atoms with E-state index in [9.17, 15) is 9.59 Å². The van der Waals surface area contributed by atoms with Crippen molar-refractivity contribution in [3.8, 4) is 0 Å². The van der Waals surface area contributed by atoms with Gasteiger partial charge in [0.2, 0.25) is 5.43 Å². The second-order valence-corrected chi connectivity index (χ2v) is 3.96. The maximum atomic E-state index is 12.0. The number of rotatable bonds is 2. The summed E-state index contributed by atoms with van der Waals surface area (Å²) in [7, 11) is 0. The summed E-state index contributed by atoms with van der Waals surface area (Å²) < 4.78 is 1.66. The lowest BCUT2D eigenvalue weighted by Gasteiger charge is -2.11. The van der Waals surface area contributed by atoms with Gasteiger partial charge in [0.25, 0.3) is 0 Å². The van der Waals surface area contributed by atoms with Crippen LogP contribution < -0.4 is 16.9 Å². The number of aromatic nitrogens is 1. The molecule has 94 valence electrons. The number of hydrogen-bond acceptors (Lipinski definition) is 4. The summed E-state index contributed by atoms with van der Waals surface area (Å²) in [6.07, 6.45) is 1.32. The minimum absolute atomic E-state index is 0.267. The van der Waals surface area contributed by atoms with Gasteiger partial charge in [-0.3, -0.25) is 4.79 Å². The Labute approximate surface area is 102 Å². The van der Waals surface area contributed by atoms with Gasteiger partial charge in [-0.05, 0) is 19.1 Å². The number of carboxylic acids is 1. The molecular formula is C12H13N3O3. The van der Waals surface area contributed by atoms with Gasteiger partial charge in [-0.15, -0.1) is 0 Å². The quantitative estimate of drug-likeness (QED) is 0.682. The molecule has 0 bridgehead atoms. The Morgan fingerprint density at radius 3 is 2.50 bits per heavy atom. The molecule has 1 aromatic heterocycles. The van der Waals surface area contributed by atoms with Gasteiger partial charge in [-0.2, -0.15) is 0 Å². The Hall–Kier alpha value is -2.50. The number of benzene rings is 1. The van der Waals surface area contributed by atoms with Crippen LogP contribution in [-0.4, -0.2) is 15.6 Å². The molecule has 0 amide bonds. The highest BCUT2D eigenvalue weighted by atomic mass is 16.4. The Morgan fingerprint density at radius 1 is 1.33 bits per heavy atom. The van der Waals surface area contributed by atoms with Crippen LogP contribution in [0.2, 0.25) is 0 Å². The number of anilines is 2. The van der Waals surface area contributed by atoms with E-state index in [4.69, 9.17) is 16.6 Å². The van der Waals surface area contributed by atoms with Crippen LogP contribution in [0.25, 0.3) is 10.9 Å². The average Bonchev–Trinajstić information content (AvgIpc) is 2.32. The molecule has 0 saturated carbocycles. The average molecular weight is 247 g/mol. The molecule has 2 rings (SSSR count). The van der Waals surface area contributed by atoms with E-state index < -0.39 is 11.4 Å². The highest BCUT2D eigenvalue weighted by molar-refractivity contribution is 5.95. The van der Waals surface area contributed by atoms with Crippen LogP contribution in [0.15, 0.2) is 23.1 Å². The number of nitrogens with zero attached hydrogens (tertiary/aromatic N) is 1. The van der Waals surface area contributed by atoms with Crippen LogP contribution in [0.4, 0.5) is 11.4 Å². The van der Waals surface area contributed by atoms with Crippen LogP contribution in [0, 0.1) is 0 Å². The molecule has 0 atom stereocenters. The van der Waals surface area contributed by atoms with E-state index in [1.54, 1.807) is 10.6 Å². The summed E-state index contributed by atoms with van der Waals surface area (Å²) in [4.78, 5) is 23.0. The van der Waals surface area contributed by atoms with Crippen molar-refractivity contribution < 1.29 is 9.90 Å². The topological polar surface area (TPSA) is 111 Å². The maximum Gasteiger partial charge on any atom is 0.341 e. The standard InChI is InChI=1S/C12H13N3O3/c1-2-15-5-7(12(17)18)11(16)6-3-8(13)9(14)4-10(6)15/h3-5H,2,13-14H2,1H3,(H,17,18). The summed E-state index contributed by atoms with van der Waals surface area (Å²) in [5.74, 6) is -1.25. The summed E-state index contributed by atoms with van der Waals surface area (Å²) >= 11 is 0. The number of hydrogen-bond donors (Lipinski definition) is 3. The molecule has 0 fully saturated rings. The van der Waals surface area contributed by atoms with Gasteiger partial charge >= 0.3 is 5.97 Å². The van der Waals surface area contributed by atoms with Gasteiger partial charge in [0.05, 0.1) is 16.9 Å². The molecule has 6 heteroatoms. The second kappa shape index (κ2) is 4.06. The van der Waals surface area contributed by atoms with Crippen LogP contribution in [0.1, 0.15) is 17.3 Å². The zero-order chi connectivity index (χ0) is 13.4. The smallest absolute Gasteiger partial charge is 0.341 e. The molecule has 1 heterocycles. The molecule has 2 aromatic rings. The summed E-state index contributed by atoms with van der Waals surface area (Å²) in [5.41, 5.74) is 11.8. The number of aromatic carboxylic acids is 1. The van der Waals surface area contributed by atoms with Crippen LogP contribution in [0.5, 0.6) is 0 Å². The summed E-state index contributed by atoms with van der Waals surface area (Å²) in [5, 5.41) is 9.27.